The molecule has 1 aromatic heterocycles. The Labute approximate surface area is 141 Å². The first-order valence-corrected chi connectivity index (χ1v) is 8.09. The van der Waals surface area contributed by atoms with Crippen LogP contribution in [0.25, 0.3) is 10.9 Å². The molecular formula is C18H24N2O4. The average molecular weight is 332 g/mol. The Morgan fingerprint density at radius 1 is 1.29 bits per heavy atom. The Kier molecular flexibility index (Phi) is 5.84. The van der Waals surface area contributed by atoms with Crippen LogP contribution < -0.4 is 10.1 Å². The second kappa shape index (κ2) is 7.86. The zero-order valence-corrected chi connectivity index (χ0v) is 14.5. The molecule has 1 aromatic carbocycles. The molecule has 2 N–H and O–H groups in total. The molecule has 2 rings (SSSR count). The number of ether oxygens (including phenoxy) is 2. The van der Waals surface area contributed by atoms with Crippen LogP contribution in [0.5, 0.6) is 5.75 Å². The molecule has 1 atom stereocenters. The number of methoxy groups -OCH3 is 1. The molecule has 0 aliphatic rings. The van der Waals surface area contributed by atoms with Crippen LogP contribution in [-0.2, 0) is 9.53 Å². The van der Waals surface area contributed by atoms with Gasteiger partial charge in [-0.15, -0.1) is 0 Å². The number of fused-ring (bicyclic) bond motifs is 1. The SMILES string of the molecule is CCOC(=O)[C@H](CC(C)C)NC(=O)c1cc2c(OC)cccc2[nH]1. The van der Waals surface area contributed by atoms with Gasteiger partial charge >= 0.3 is 5.97 Å². The van der Waals surface area contributed by atoms with Crippen LogP contribution in [-0.4, -0.2) is 36.6 Å². The number of amides is 1. The molecule has 0 bridgehead atoms. The standard InChI is InChI=1S/C18H24N2O4/c1-5-24-18(22)15(9-11(2)3)20-17(21)14-10-12-13(19-14)7-6-8-16(12)23-4/h6-8,10-11,15,19H,5,9H2,1-4H3,(H,20,21)/t15-/m0/s1. The van der Waals surface area contributed by atoms with Crippen molar-refractivity contribution >= 4 is 22.8 Å². The van der Waals surface area contributed by atoms with Crippen molar-refractivity contribution in [1.82, 2.24) is 10.3 Å². The van der Waals surface area contributed by atoms with Crippen LogP contribution in [0.3, 0.4) is 0 Å². The summed E-state index contributed by atoms with van der Waals surface area (Å²) in [4.78, 5) is 27.6. The highest BCUT2D eigenvalue weighted by Crippen LogP contribution is 2.26. The van der Waals surface area contributed by atoms with Crippen molar-refractivity contribution in [2.24, 2.45) is 5.92 Å². The maximum atomic E-state index is 12.5. The van der Waals surface area contributed by atoms with Gasteiger partial charge in [-0.2, -0.15) is 0 Å². The minimum absolute atomic E-state index is 0.252. The lowest BCUT2D eigenvalue weighted by Crippen LogP contribution is -2.42. The fourth-order valence-electron chi connectivity index (χ4n) is 2.59. The minimum Gasteiger partial charge on any atom is -0.496 e. The Bertz CT molecular complexity index is 721. The van der Waals surface area contributed by atoms with Crippen molar-refractivity contribution < 1.29 is 19.1 Å². The van der Waals surface area contributed by atoms with Gasteiger partial charge in [-0.1, -0.05) is 19.9 Å². The van der Waals surface area contributed by atoms with Gasteiger partial charge in [-0.25, -0.2) is 4.79 Å². The van der Waals surface area contributed by atoms with E-state index in [-0.39, 0.29) is 18.4 Å². The Hall–Kier alpha value is -2.50. The molecular weight excluding hydrogens is 308 g/mol. The van der Waals surface area contributed by atoms with Crippen molar-refractivity contribution in [2.45, 2.75) is 33.2 Å². The van der Waals surface area contributed by atoms with E-state index in [2.05, 4.69) is 10.3 Å². The lowest BCUT2D eigenvalue weighted by molar-refractivity contribution is -0.145. The van der Waals surface area contributed by atoms with Crippen LogP contribution in [0.4, 0.5) is 0 Å². The summed E-state index contributed by atoms with van der Waals surface area (Å²) in [5.41, 5.74) is 1.18. The largest absolute Gasteiger partial charge is 0.496 e. The van der Waals surface area contributed by atoms with Crippen LogP contribution >= 0.6 is 0 Å². The zero-order valence-electron chi connectivity index (χ0n) is 14.5. The molecule has 0 saturated heterocycles. The highest BCUT2D eigenvalue weighted by molar-refractivity contribution is 6.01. The molecule has 6 heteroatoms. The third-order valence-electron chi connectivity index (χ3n) is 3.67. The van der Waals surface area contributed by atoms with Crippen LogP contribution in [0.2, 0.25) is 0 Å². The number of rotatable bonds is 7. The Morgan fingerprint density at radius 3 is 2.67 bits per heavy atom. The first kappa shape index (κ1) is 17.8. The van der Waals surface area contributed by atoms with E-state index in [1.54, 1.807) is 20.1 Å². The highest BCUT2D eigenvalue weighted by atomic mass is 16.5. The van der Waals surface area contributed by atoms with Gasteiger partial charge in [0, 0.05) is 10.9 Å². The van der Waals surface area contributed by atoms with Gasteiger partial charge in [0.1, 0.15) is 17.5 Å². The minimum atomic E-state index is -0.661. The van der Waals surface area contributed by atoms with Crippen molar-refractivity contribution in [3.8, 4) is 5.75 Å². The van der Waals surface area contributed by atoms with E-state index in [0.29, 0.717) is 17.9 Å². The number of aromatic amines is 1. The molecule has 1 heterocycles. The molecule has 0 aliphatic carbocycles. The number of aromatic nitrogens is 1. The second-order valence-electron chi connectivity index (χ2n) is 6.01. The summed E-state index contributed by atoms with van der Waals surface area (Å²) in [7, 11) is 1.58. The quantitative estimate of drug-likeness (QED) is 0.764. The third kappa shape index (κ3) is 4.07. The number of esters is 1. The maximum Gasteiger partial charge on any atom is 0.328 e. The van der Waals surface area contributed by atoms with Crippen molar-refractivity contribution in [1.29, 1.82) is 0 Å². The molecule has 0 radical (unpaired) electrons. The summed E-state index contributed by atoms with van der Waals surface area (Å²) in [6, 6.07) is 6.61. The van der Waals surface area contributed by atoms with Crippen LogP contribution in [0.1, 0.15) is 37.7 Å². The molecule has 130 valence electrons. The van der Waals surface area contributed by atoms with E-state index in [4.69, 9.17) is 9.47 Å². The molecule has 0 saturated carbocycles. The van der Waals surface area contributed by atoms with Gasteiger partial charge in [-0.05, 0) is 37.5 Å². The number of carbonyl (C=O) groups excluding carboxylic acids is 2. The summed E-state index contributed by atoms with van der Waals surface area (Å²) >= 11 is 0. The van der Waals surface area contributed by atoms with Crippen molar-refractivity contribution in [2.75, 3.05) is 13.7 Å². The number of benzene rings is 1. The summed E-state index contributed by atoms with van der Waals surface area (Å²) in [5.74, 6) is 0.189. The fraction of sp³-hybridized carbons (Fsp3) is 0.444. The van der Waals surface area contributed by atoms with Gasteiger partial charge in [0.15, 0.2) is 0 Å². The first-order chi connectivity index (χ1) is 11.5. The van der Waals surface area contributed by atoms with Gasteiger partial charge < -0.3 is 19.8 Å². The van der Waals surface area contributed by atoms with Gasteiger partial charge in [-0.3, -0.25) is 4.79 Å². The van der Waals surface area contributed by atoms with Gasteiger partial charge in [0.25, 0.3) is 5.91 Å². The molecule has 2 aromatic rings. The summed E-state index contributed by atoms with van der Waals surface area (Å²) in [6.45, 7) is 6.02. The first-order valence-electron chi connectivity index (χ1n) is 8.09. The average Bonchev–Trinajstić information content (AvgIpc) is 2.98. The summed E-state index contributed by atoms with van der Waals surface area (Å²) in [5, 5.41) is 3.58. The summed E-state index contributed by atoms with van der Waals surface area (Å²) in [6.07, 6.45) is 0.522. The predicted molar refractivity (Wildman–Crippen MR) is 92.2 cm³/mol. The Balaban J connectivity index is 2.21. The third-order valence-corrected chi connectivity index (χ3v) is 3.67. The number of hydrogen-bond donors (Lipinski definition) is 2. The normalized spacial score (nSPS) is 12.2. The topological polar surface area (TPSA) is 80.4 Å². The van der Waals surface area contributed by atoms with E-state index in [0.717, 1.165) is 10.9 Å². The molecule has 0 fully saturated rings. The van der Waals surface area contributed by atoms with Crippen LogP contribution in [0, 0.1) is 5.92 Å². The van der Waals surface area contributed by atoms with E-state index in [9.17, 15) is 9.59 Å². The predicted octanol–water partition coefficient (Wildman–Crippen LogP) is 2.88. The summed E-state index contributed by atoms with van der Waals surface area (Å²) < 4.78 is 10.4. The number of H-pyrrole nitrogens is 1. The smallest absolute Gasteiger partial charge is 0.328 e. The monoisotopic (exact) mass is 332 g/mol. The number of carbonyl (C=O) groups is 2. The highest BCUT2D eigenvalue weighted by Gasteiger charge is 2.24. The molecule has 1 amide bonds. The lowest BCUT2D eigenvalue weighted by Gasteiger charge is -2.18. The zero-order chi connectivity index (χ0) is 17.7. The fourth-order valence-corrected chi connectivity index (χ4v) is 2.59. The molecule has 0 spiro atoms. The lowest BCUT2D eigenvalue weighted by atomic mass is 10.0. The molecule has 0 aliphatic heterocycles. The van der Waals surface area contributed by atoms with Crippen molar-refractivity contribution in [3.05, 3.63) is 30.0 Å². The van der Waals surface area contributed by atoms with E-state index >= 15 is 0 Å². The maximum absolute atomic E-state index is 12.5. The molecule has 24 heavy (non-hydrogen) atoms. The Morgan fingerprint density at radius 2 is 2.04 bits per heavy atom. The van der Waals surface area contributed by atoms with Gasteiger partial charge in [0.05, 0.1) is 13.7 Å². The van der Waals surface area contributed by atoms with Crippen LogP contribution in [0.15, 0.2) is 24.3 Å². The van der Waals surface area contributed by atoms with Gasteiger partial charge in [0.2, 0.25) is 0 Å². The second-order valence-corrected chi connectivity index (χ2v) is 6.01. The number of nitrogens with one attached hydrogen (secondary N) is 2. The van der Waals surface area contributed by atoms with E-state index in [1.165, 1.54) is 0 Å². The van der Waals surface area contributed by atoms with E-state index in [1.807, 2.05) is 32.0 Å². The van der Waals surface area contributed by atoms with Crippen molar-refractivity contribution in [3.63, 3.8) is 0 Å². The number of hydrogen-bond acceptors (Lipinski definition) is 4. The van der Waals surface area contributed by atoms with E-state index < -0.39 is 12.0 Å². The molecule has 6 nitrogen and oxygen atoms in total. The molecule has 0 unspecified atom stereocenters.